The maximum Gasteiger partial charge on any atom is 0.335 e. The number of hydrogen-bond acceptors (Lipinski definition) is 6. The summed E-state index contributed by atoms with van der Waals surface area (Å²) < 4.78 is 31.6. The third-order valence-corrected chi connectivity index (χ3v) is 16.1. The Bertz CT molecular complexity index is 455. The van der Waals surface area contributed by atoms with Gasteiger partial charge < -0.3 is 27.5 Å². The van der Waals surface area contributed by atoms with E-state index in [0.717, 1.165) is 0 Å². The number of ether oxygens (including phenoxy) is 2. The summed E-state index contributed by atoms with van der Waals surface area (Å²) in [7, 11) is -3.73. The van der Waals surface area contributed by atoms with Crippen molar-refractivity contribution in [1.82, 2.24) is 0 Å². The Hall–Kier alpha value is 0.194. The molecule has 6 nitrogen and oxygen atoms in total. The van der Waals surface area contributed by atoms with E-state index in [9.17, 15) is 5.11 Å². The van der Waals surface area contributed by atoms with Gasteiger partial charge in [0.25, 0.3) is 0 Å². The van der Waals surface area contributed by atoms with E-state index in [1.165, 1.54) is 0 Å². The summed E-state index contributed by atoms with van der Waals surface area (Å²) in [6, 6.07) is 0. The fourth-order valence-corrected chi connectivity index (χ4v) is 15.5. The monoisotopic (exact) mass is 406 g/mol. The zero-order valence-electron chi connectivity index (χ0n) is 17.8. The number of aliphatic hydroxyl groups excluding tert-OH is 1. The number of rotatable bonds is 5. The van der Waals surface area contributed by atoms with Crippen LogP contribution in [0.2, 0.25) is 22.2 Å². The van der Waals surface area contributed by atoms with Crippen molar-refractivity contribution in [2.24, 2.45) is 0 Å². The molecule has 0 aromatic rings. The quantitative estimate of drug-likeness (QED) is 0.703. The van der Waals surface area contributed by atoms with E-state index < -0.39 is 35.6 Å². The first-order chi connectivity index (χ1) is 12.0. The van der Waals surface area contributed by atoms with Crippen molar-refractivity contribution in [2.75, 3.05) is 13.7 Å². The van der Waals surface area contributed by atoms with Crippen LogP contribution in [0.5, 0.6) is 0 Å². The molecule has 0 aromatic heterocycles. The molecule has 0 spiro atoms. The highest BCUT2D eigenvalue weighted by Gasteiger charge is 2.61. The molecule has 2 fully saturated rings. The number of hydrogen-bond donors (Lipinski definition) is 1. The molecule has 0 amide bonds. The van der Waals surface area contributed by atoms with E-state index in [1.54, 1.807) is 7.11 Å². The molecule has 1 N–H and O–H groups in total. The van der Waals surface area contributed by atoms with Crippen LogP contribution in [0, 0.1) is 0 Å². The minimum atomic E-state index is -2.71. The molecule has 2 heterocycles. The fourth-order valence-electron chi connectivity index (χ4n) is 4.32. The number of fused-ring (bicyclic) bond motifs is 1. The summed E-state index contributed by atoms with van der Waals surface area (Å²) in [6.07, 6.45) is -2.35. The number of methoxy groups -OCH3 is 1. The van der Waals surface area contributed by atoms with Gasteiger partial charge in [0.1, 0.15) is 18.3 Å². The Morgan fingerprint density at radius 1 is 0.885 bits per heavy atom. The summed E-state index contributed by atoms with van der Waals surface area (Å²) >= 11 is 0. The second-order valence-electron chi connectivity index (χ2n) is 8.83. The van der Waals surface area contributed by atoms with Gasteiger partial charge in [-0.15, -0.1) is 0 Å². The lowest BCUT2D eigenvalue weighted by Crippen LogP contribution is -2.65. The van der Waals surface area contributed by atoms with E-state index >= 15 is 0 Å². The minimum Gasteiger partial charge on any atom is -0.414 e. The van der Waals surface area contributed by atoms with Crippen LogP contribution in [0.4, 0.5) is 0 Å². The normalized spacial score (nSPS) is 34.4. The highest BCUT2D eigenvalue weighted by Crippen LogP contribution is 2.47. The summed E-state index contributed by atoms with van der Waals surface area (Å²) in [4.78, 5) is 0. The fraction of sp³-hybridized carbons (Fsp3) is 1.00. The molecule has 0 unspecified atom stereocenters. The van der Waals surface area contributed by atoms with Gasteiger partial charge >= 0.3 is 17.1 Å². The van der Waals surface area contributed by atoms with Crippen LogP contribution in [0.3, 0.4) is 0 Å². The van der Waals surface area contributed by atoms with Crippen LogP contribution in [0.1, 0.15) is 55.4 Å². The largest absolute Gasteiger partial charge is 0.414 e. The Balaban J connectivity index is 2.52. The lowest BCUT2D eigenvalue weighted by atomic mass is 10.1. The van der Waals surface area contributed by atoms with Crippen molar-refractivity contribution in [1.29, 1.82) is 0 Å². The van der Waals surface area contributed by atoms with E-state index in [4.69, 9.17) is 22.4 Å². The smallest absolute Gasteiger partial charge is 0.335 e. The van der Waals surface area contributed by atoms with Gasteiger partial charge in [-0.25, -0.2) is 0 Å². The van der Waals surface area contributed by atoms with Gasteiger partial charge in [0.05, 0.1) is 6.61 Å². The highest BCUT2D eigenvalue weighted by atomic mass is 28.5. The van der Waals surface area contributed by atoms with E-state index in [-0.39, 0.29) is 28.3 Å². The van der Waals surface area contributed by atoms with Crippen LogP contribution in [0.25, 0.3) is 0 Å². The highest BCUT2D eigenvalue weighted by molar-refractivity contribution is 6.83. The molecular formula is C18H38O6Si2. The molecule has 2 saturated heterocycles. The van der Waals surface area contributed by atoms with Crippen molar-refractivity contribution in [3.63, 3.8) is 0 Å². The van der Waals surface area contributed by atoms with Gasteiger partial charge in [-0.3, -0.25) is 0 Å². The summed E-state index contributed by atoms with van der Waals surface area (Å²) in [6.45, 7) is 17.8. The molecule has 4 atom stereocenters. The molecule has 154 valence electrons. The van der Waals surface area contributed by atoms with Gasteiger partial charge in [0, 0.05) is 7.11 Å². The van der Waals surface area contributed by atoms with Crippen LogP contribution in [0.15, 0.2) is 0 Å². The van der Waals surface area contributed by atoms with Crippen molar-refractivity contribution >= 4 is 17.1 Å². The SMILES string of the molecule is CO[C@H]1O[C@@H]2CO[Si](C(C)C)(C(C)C)O[Si](C(C)C)(C(C)C)O[C@H]2[C@@H]1O. The first-order valence-corrected chi connectivity index (χ1v) is 13.8. The van der Waals surface area contributed by atoms with Gasteiger partial charge in [-0.1, -0.05) is 55.4 Å². The molecule has 26 heavy (non-hydrogen) atoms. The molecule has 0 saturated carbocycles. The lowest BCUT2D eigenvalue weighted by molar-refractivity contribution is -0.152. The predicted octanol–water partition coefficient (Wildman–Crippen LogP) is 3.68. The molecule has 2 aliphatic heterocycles. The van der Waals surface area contributed by atoms with E-state index in [1.807, 2.05) is 0 Å². The maximum absolute atomic E-state index is 10.7. The first-order valence-electron chi connectivity index (χ1n) is 9.90. The average Bonchev–Trinajstić information content (AvgIpc) is 2.81. The van der Waals surface area contributed by atoms with Crippen molar-refractivity contribution in [3.8, 4) is 0 Å². The van der Waals surface area contributed by atoms with Gasteiger partial charge in [0.2, 0.25) is 0 Å². The summed E-state index contributed by atoms with van der Waals surface area (Å²) in [5, 5.41) is 10.7. The van der Waals surface area contributed by atoms with Crippen molar-refractivity contribution in [2.45, 2.75) is 102 Å². The predicted molar refractivity (Wildman–Crippen MR) is 105 cm³/mol. The molecule has 0 bridgehead atoms. The minimum absolute atomic E-state index is 0.225. The Morgan fingerprint density at radius 2 is 1.38 bits per heavy atom. The van der Waals surface area contributed by atoms with Crippen LogP contribution in [-0.2, 0) is 22.4 Å². The maximum atomic E-state index is 10.7. The van der Waals surface area contributed by atoms with Gasteiger partial charge in [0.15, 0.2) is 6.29 Å². The second kappa shape index (κ2) is 8.28. The number of aliphatic hydroxyl groups is 1. The van der Waals surface area contributed by atoms with Crippen LogP contribution < -0.4 is 0 Å². The Kier molecular flexibility index (Phi) is 7.16. The van der Waals surface area contributed by atoms with E-state index in [0.29, 0.717) is 6.61 Å². The summed E-state index contributed by atoms with van der Waals surface area (Å²) in [5.74, 6) is 0. The molecule has 2 rings (SSSR count). The molecule has 0 aromatic carbocycles. The Morgan fingerprint density at radius 3 is 1.81 bits per heavy atom. The molecule has 0 aliphatic carbocycles. The average molecular weight is 407 g/mol. The third kappa shape index (κ3) is 3.71. The molecular weight excluding hydrogens is 368 g/mol. The standard InChI is InChI=1S/C18H38O6Si2/c1-11(2)25(12(3)4)21-10-15-17(16(19)18(20-9)22-15)23-26(24-25,13(5)6)14(7)8/h11-19H,10H2,1-9H3/t15-,16+,17-,18+/m1/s1. The van der Waals surface area contributed by atoms with Crippen LogP contribution in [-0.4, -0.2) is 60.5 Å². The second-order valence-corrected chi connectivity index (χ2v) is 17.7. The zero-order valence-corrected chi connectivity index (χ0v) is 19.8. The van der Waals surface area contributed by atoms with Crippen LogP contribution >= 0.6 is 0 Å². The molecule has 2 aliphatic rings. The molecule has 8 heteroatoms. The zero-order chi connectivity index (χ0) is 19.9. The van der Waals surface area contributed by atoms with Gasteiger partial charge in [-0.05, 0) is 22.2 Å². The van der Waals surface area contributed by atoms with Crippen molar-refractivity contribution in [3.05, 3.63) is 0 Å². The lowest BCUT2D eigenvalue weighted by Gasteiger charge is -2.51. The topological polar surface area (TPSA) is 66.4 Å². The summed E-state index contributed by atoms with van der Waals surface area (Å²) in [5.41, 5.74) is 1.03. The van der Waals surface area contributed by atoms with Gasteiger partial charge in [-0.2, -0.15) is 0 Å². The van der Waals surface area contributed by atoms with Crippen molar-refractivity contribution < 1.29 is 27.5 Å². The third-order valence-electron chi connectivity index (χ3n) is 5.85. The van der Waals surface area contributed by atoms with E-state index in [2.05, 4.69) is 55.4 Å². The first kappa shape index (κ1) is 22.5. The molecule has 0 radical (unpaired) electrons. The Labute approximate surface area is 161 Å².